The fourth-order valence-corrected chi connectivity index (χ4v) is 5.00. The van der Waals surface area contributed by atoms with Gasteiger partial charge in [-0.2, -0.15) is 36.7 Å². The van der Waals surface area contributed by atoms with Gasteiger partial charge in [0, 0.05) is 55.6 Å². The van der Waals surface area contributed by atoms with Crippen molar-refractivity contribution in [3.63, 3.8) is 0 Å². The highest BCUT2D eigenvalue weighted by Crippen LogP contribution is 2.32. The molecule has 0 bridgehead atoms. The Hall–Kier alpha value is -4.71. The number of ether oxygens (including phenoxy) is 3. The second-order valence-corrected chi connectivity index (χ2v) is 11.4. The number of pyridine rings is 2. The number of aliphatic carboxylic acids is 2. The van der Waals surface area contributed by atoms with Crippen molar-refractivity contribution in [3.05, 3.63) is 42.4 Å². The van der Waals surface area contributed by atoms with E-state index < -0.39 is 24.3 Å². The Morgan fingerprint density at radius 3 is 2.16 bits per heavy atom. The van der Waals surface area contributed by atoms with E-state index in [1.807, 2.05) is 31.3 Å². The number of morpholine rings is 1. The van der Waals surface area contributed by atoms with Gasteiger partial charge in [-0.15, -0.1) is 0 Å². The molecule has 3 aromatic heterocycles. The normalized spacial score (nSPS) is 16.3. The molecule has 0 atom stereocenters. The number of nitrogens with two attached hydrogens (primary N) is 1. The van der Waals surface area contributed by atoms with Crippen LogP contribution >= 0.6 is 0 Å². The highest BCUT2D eigenvalue weighted by Gasteiger charge is 2.39. The number of nitriles is 1. The summed E-state index contributed by atoms with van der Waals surface area (Å²) in [5, 5.41) is 28.1. The molecular weight excluding hydrogens is 696 g/mol. The number of hydrogen-bond acceptors (Lipinski definition) is 11. The van der Waals surface area contributed by atoms with Crippen LogP contribution in [-0.2, 0) is 19.1 Å². The molecule has 2 saturated heterocycles. The number of piperidine rings is 1. The summed E-state index contributed by atoms with van der Waals surface area (Å²) in [7, 11) is 0. The molecular formula is C31H37F6N7O7. The Labute approximate surface area is 287 Å². The van der Waals surface area contributed by atoms with Gasteiger partial charge in [0.1, 0.15) is 17.6 Å². The number of nitrogens with zero attached hydrogens (tertiary/aromatic N) is 6. The standard InChI is InChI=1S/C27H35N7O3.2C2HF3O2/c1-2-37-23-15-24(26-22(16-28)18-31-34(26)19-23)21-3-4-25(30-17-21)33-7-5-27(29,6-8-33)20-36-14-11-32-9-12-35-13-10-32;2*3-2(4,5)1(6)7/h3-4,15,17-19H,2,5-14,20,29H2,1H3;2*(H,6,7). The molecule has 5 heterocycles. The van der Waals surface area contributed by atoms with Crippen molar-refractivity contribution < 1.29 is 60.4 Å². The van der Waals surface area contributed by atoms with Gasteiger partial charge < -0.3 is 35.1 Å². The number of carboxylic acids is 2. The van der Waals surface area contributed by atoms with Crippen LogP contribution in [0.1, 0.15) is 25.3 Å². The van der Waals surface area contributed by atoms with Crippen molar-refractivity contribution in [3.8, 4) is 22.9 Å². The van der Waals surface area contributed by atoms with Crippen molar-refractivity contribution in [1.29, 1.82) is 5.26 Å². The van der Waals surface area contributed by atoms with Crippen molar-refractivity contribution in [1.82, 2.24) is 19.5 Å². The molecule has 51 heavy (non-hydrogen) atoms. The molecule has 0 spiro atoms. The quantitative estimate of drug-likeness (QED) is 0.214. The third kappa shape index (κ3) is 12.2. The number of carboxylic acid groups (broad SMARTS) is 2. The first-order valence-electron chi connectivity index (χ1n) is 15.5. The maximum atomic E-state index is 10.6. The van der Waals surface area contributed by atoms with E-state index in [9.17, 15) is 31.6 Å². The summed E-state index contributed by atoms with van der Waals surface area (Å²) >= 11 is 0. The van der Waals surface area contributed by atoms with E-state index in [0.29, 0.717) is 31.1 Å². The zero-order valence-corrected chi connectivity index (χ0v) is 27.4. The van der Waals surface area contributed by atoms with Gasteiger partial charge in [0.25, 0.3) is 0 Å². The lowest BCUT2D eigenvalue weighted by Crippen LogP contribution is -2.53. The molecule has 280 valence electrons. The number of anilines is 1. The minimum absolute atomic E-state index is 0.303. The Morgan fingerprint density at radius 2 is 1.65 bits per heavy atom. The number of hydrogen-bond donors (Lipinski definition) is 3. The first-order chi connectivity index (χ1) is 24.0. The topological polar surface area (TPSA) is 189 Å². The summed E-state index contributed by atoms with van der Waals surface area (Å²) in [4.78, 5) is 27.2. The van der Waals surface area contributed by atoms with Crippen LogP contribution in [0.2, 0.25) is 0 Å². The van der Waals surface area contributed by atoms with Crippen LogP contribution < -0.4 is 15.4 Å². The number of halogens is 6. The van der Waals surface area contributed by atoms with Crippen LogP contribution in [0, 0.1) is 11.3 Å². The molecule has 0 radical (unpaired) electrons. The molecule has 0 saturated carbocycles. The molecule has 2 aliphatic rings. The second-order valence-electron chi connectivity index (χ2n) is 11.4. The lowest BCUT2D eigenvalue weighted by molar-refractivity contribution is -0.193. The third-order valence-electron chi connectivity index (χ3n) is 7.69. The van der Waals surface area contributed by atoms with Gasteiger partial charge >= 0.3 is 24.3 Å². The minimum atomic E-state index is -5.08. The average Bonchev–Trinajstić information content (AvgIpc) is 3.50. The van der Waals surface area contributed by atoms with E-state index in [-0.39, 0.29) is 5.54 Å². The molecule has 3 aromatic rings. The van der Waals surface area contributed by atoms with Gasteiger partial charge in [0.05, 0.1) is 56.5 Å². The third-order valence-corrected chi connectivity index (χ3v) is 7.69. The van der Waals surface area contributed by atoms with Crippen molar-refractivity contribution in [2.45, 2.75) is 37.7 Å². The molecule has 0 aliphatic carbocycles. The second kappa shape index (κ2) is 18.0. The van der Waals surface area contributed by atoms with E-state index >= 15 is 0 Å². The lowest BCUT2D eigenvalue weighted by atomic mass is 9.89. The van der Waals surface area contributed by atoms with Crippen molar-refractivity contribution in [2.75, 3.05) is 70.7 Å². The number of fused-ring (bicyclic) bond motifs is 1. The van der Waals surface area contributed by atoms with Crippen LogP contribution in [0.4, 0.5) is 32.2 Å². The minimum Gasteiger partial charge on any atom is -0.492 e. The molecule has 0 unspecified atom stereocenters. The molecule has 14 nitrogen and oxygen atoms in total. The summed E-state index contributed by atoms with van der Waals surface area (Å²) in [6, 6.07) is 8.25. The van der Waals surface area contributed by atoms with Gasteiger partial charge in [-0.3, -0.25) is 4.90 Å². The SMILES string of the molecule is CCOc1cc(-c2ccc(N3CCC(N)(COCCN4CCOCC4)CC3)nc2)c2c(C#N)cnn2c1.O=C(O)C(F)(F)F.O=C(O)C(F)(F)F. The molecule has 4 N–H and O–H groups in total. The fraction of sp³-hybridized carbons (Fsp3) is 0.516. The predicted octanol–water partition coefficient (Wildman–Crippen LogP) is 3.58. The largest absolute Gasteiger partial charge is 0.492 e. The Morgan fingerprint density at radius 1 is 1.04 bits per heavy atom. The van der Waals surface area contributed by atoms with Crippen LogP contribution in [0.15, 0.2) is 36.8 Å². The Balaban J connectivity index is 0.000000424. The van der Waals surface area contributed by atoms with E-state index in [2.05, 4.69) is 21.0 Å². The van der Waals surface area contributed by atoms with Gasteiger partial charge in [-0.25, -0.2) is 19.1 Å². The average molecular weight is 734 g/mol. The molecule has 2 fully saturated rings. The van der Waals surface area contributed by atoms with Crippen LogP contribution in [0.25, 0.3) is 16.6 Å². The predicted molar refractivity (Wildman–Crippen MR) is 168 cm³/mol. The molecule has 0 aromatic carbocycles. The van der Waals surface area contributed by atoms with E-state index in [1.165, 1.54) is 0 Å². The van der Waals surface area contributed by atoms with Crippen LogP contribution in [0.5, 0.6) is 5.75 Å². The van der Waals surface area contributed by atoms with Gasteiger partial charge in [-0.1, -0.05) is 0 Å². The summed E-state index contributed by atoms with van der Waals surface area (Å²) in [6.45, 7) is 9.93. The van der Waals surface area contributed by atoms with Crippen molar-refractivity contribution in [2.24, 2.45) is 5.73 Å². The zero-order valence-electron chi connectivity index (χ0n) is 27.4. The monoisotopic (exact) mass is 733 g/mol. The number of carbonyl (C=O) groups is 2. The van der Waals surface area contributed by atoms with E-state index in [4.69, 9.17) is 44.7 Å². The molecule has 20 heteroatoms. The Bertz CT molecular complexity index is 1610. The smallest absolute Gasteiger partial charge is 0.490 e. The molecule has 0 amide bonds. The first-order valence-corrected chi connectivity index (χ1v) is 15.5. The van der Waals surface area contributed by atoms with Gasteiger partial charge in [0.15, 0.2) is 0 Å². The summed E-state index contributed by atoms with van der Waals surface area (Å²) in [5.41, 5.74) is 9.42. The fourth-order valence-electron chi connectivity index (χ4n) is 5.00. The molecule has 2 aliphatic heterocycles. The maximum Gasteiger partial charge on any atom is 0.490 e. The lowest BCUT2D eigenvalue weighted by Gasteiger charge is -2.39. The van der Waals surface area contributed by atoms with Gasteiger partial charge in [-0.05, 0) is 38.0 Å². The van der Waals surface area contributed by atoms with Crippen molar-refractivity contribution >= 4 is 23.3 Å². The maximum absolute atomic E-state index is 10.6. The summed E-state index contributed by atoms with van der Waals surface area (Å²) in [5.74, 6) is -3.89. The van der Waals surface area contributed by atoms with E-state index in [1.54, 1.807) is 16.9 Å². The molecule has 5 rings (SSSR count). The first kappa shape index (κ1) is 40.7. The zero-order chi connectivity index (χ0) is 37.8. The number of rotatable bonds is 9. The highest BCUT2D eigenvalue weighted by molar-refractivity contribution is 5.85. The summed E-state index contributed by atoms with van der Waals surface area (Å²) < 4.78 is 82.3. The van der Waals surface area contributed by atoms with Crippen LogP contribution in [-0.4, -0.2) is 125 Å². The Kier molecular flexibility index (Phi) is 14.4. The van der Waals surface area contributed by atoms with Gasteiger partial charge in [0.2, 0.25) is 0 Å². The summed E-state index contributed by atoms with van der Waals surface area (Å²) in [6.07, 6.45) is -3.23. The number of aromatic nitrogens is 3. The highest BCUT2D eigenvalue weighted by atomic mass is 19.4. The number of alkyl halides is 6. The van der Waals surface area contributed by atoms with Crippen LogP contribution in [0.3, 0.4) is 0 Å². The van der Waals surface area contributed by atoms with E-state index in [0.717, 1.165) is 81.2 Å².